The first kappa shape index (κ1) is 19.1. The minimum absolute atomic E-state index is 0.156. The molecule has 0 spiro atoms. The Labute approximate surface area is 163 Å². The maximum Gasteiger partial charge on any atom is 0.233 e. The Kier molecular flexibility index (Phi) is 6.51. The third-order valence-electron chi connectivity index (χ3n) is 4.33. The molecule has 1 aliphatic heterocycles. The van der Waals surface area contributed by atoms with Gasteiger partial charge in [0.15, 0.2) is 5.16 Å². The summed E-state index contributed by atoms with van der Waals surface area (Å²) in [5, 5.41) is 1.44. The van der Waals surface area contributed by atoms with Crippen molar-refractivity contribution in [3.63, 3.8) is 0 Å². The van der Waals surface area contributed by atoms with Crippen LogP contribution in [0.1, 0.15) is 17.0 Å². The van der Waals surface area contributed by atoms with E-state index in [0.717, 1.165) is 49.1 Å². The molecule has 1 saturated heterocycles. The highest BCUT2D eigenvalue weighted by atomic mass is 35.5. The van der Waals surface area contributed by atoms with Gasteiger partial charge in [-0.3, -0.25) is 9.69 Å². The van der Waals surface area contributed by atoms with Crippen LogP contribution in [0.4, 0.5) is 0 Å². The molecule has 1 aliphatic rings. The molecule has 26 heavy (non-hydrogen) atoms. The fraction of sp³-hybridized carbons (Fsp3) is 0.421. The summed E-state index contributed by atoms with van der Waals surface area (Å²) in [6, 6.07) is 9.89. The van der Waals surface area contributed by atoms with Crippen LogP contribution in [0.3, 0.4) is 0 Å². The summed E-state index contributed by atoms with van der Waals surface area (Å²) in [5.41, 5.74) is 3.11. The second-order valence-corrected chi connectivity index (χ2v) is 7.88. The van der Waals surface area contributed by atoms with E-state index in [-0.39, 0.29) is 5.91 Å². The summed E-state index contributed by atoms with van der Waals surface area (Å²) >= 11 is 7.35. The number of aromatic nitrogens is 2. The van der Waals surface area contributed by atoms with Crippen molar-refractivity contribution < 1.29 is 4.79 Å². The number of amides is 1. The molecule has 1 aromatic carbocycles. The lowest BCUT2D eigenvalue weighted by Gasteiger charge is -2.34. The molecule has 1 aromatic heterocycles. The van der Waals surface area contributed by atoms with Crippen molar-refractivity contribution in [1.29, 1.82) is 0 Å². The van der Waals surface area contributed by atoms with Crippen molar-refractivity contribution in [3.05, 3.63) is 52.3 Å². The molecule has 0 aliphatic carbocycles. The monoisotopic (exact) mass is 390 g/mol. The first-order valence-corrected chi connectivity index (χ1v) is 10.1. The Bertz CT molecular complexity index is 740. The van der Waals surface area contributed by atoms with Crippen LogP contribution in [0.15, 0.2) is 35.5 Å². The molecule has 2 heterocycles. The van der Waals surface area contributed by atoms with E-state index in [1.165, 1.54) is 17.3 Å². The average Bonchev–Trinajstić information content (AvgIpc) is 2.61. The molecule has 0 bridgehead atoms. The number of carbonyl (C=O) groups is 1. The van der Waals surface area contributed by atoms with Gasteiger partial charge in [0, 0.05) is 49.1 Å². The van der Waals surface area contributed by atoms with E-state index in [9.17, 15) is 4.79 Å². The number of thioether (sulfide) groups is 1. The van der Waals surface area contributed by atoms with E-state index < -0.39 is 0 Å². The zero-order valence-corrected chi connectivity index (χ0v) is 16.7. The van der Waals surface area contributed by atoms with E-state index >= 15 is 0 Å². The lowest BCUT2D eigenvalue weighted by Crippen LogP contribution is -2.48. The van der Waals surface area contributed by atoms with Crippen LogP contribution in [0.2, 0.25) is 5.02 Å². The van der Waals surface area contributed by atoms with Crippen LogP contribution in [-0.2, 0) is 11.3 Å². The summed E-state index contributed by atoms with van der Waals surface area (Å²) in [5.74, 6) is 0.545. The predicted octanol–water partition coefficient (Wildman–Crippen LogP) is 3.18. The van der Waals surface area contributed by atoms with Crippen molar-refractivity contribution in [3.8, 4) is 0 Å². The number of hydrogen-bond donors (Lipinski definition) is 0. The Balaban J connectivity index is 1.45. The summed E-state index contributed by atoms with van der Waals surface area (Å²) in [6.45, 7) is 8.09. The van der Waals surface area contributed by atoms with Gasteiger partial charge in [-0.1, -0.05) is 35.5 Å². The Morgan fingerprint density at radius 2 is 1.69 bits per heavy atom. The summed E-state index contributed by atoms with van der Waals surface area (Å²) in [7, 11) is 0. The molecule has 0 radical (unpaired) electrons. The molecule has 0 unspecified atom stereocenters. The minimum Gasteiger partial charge on any atom is -0.339 e. The number of halogens is 1. The van der Waals surface area contributed by atoms with Crippen molar-refractivity contribution in [1.82, 2.24) is 19.8 Å². The zero-order chi connectivity index (χ0) is 18.5. The fourth-order valence-corrected chi connectivity index (χ4v) is 3.96. The highest BCUT2D eigenvalue weighted by molar-refractivity contribution is 7.99. The van der Waals surface area contributed by atoms with Crippen molar-refractivity contribution in [2.24, 2.45) is 0 Å². The zero-order valence-electron chi connectivity index (χ0n) is 15.1. The topological polar surface area (TPSA) is 49.3 Å². The van der Waals surface area contributed by atoms with Crippen LogP contribution in [-0.4, -0.2) is 57.6 Å². The molecule has 0 N–H and O–H groups in total. The van der Waals surface area contributed by atoms with E-state index in [2.05, 4.69) is 27.0 Å². The summed E-state index contributed by atoms with van der Waals surface area (Å²) in [6.07, 6.45) is 0. The van der Waals surface area contributed by atoms with Gasteiger partial charge in [0.2, 0.25) is 5.91 Å². The largest absolute Gasteiger partial charge is 0.339 e. The minimum atomic E-state index is 0.156. The Morgan fingerprint density at radius 3 is 2.31 bits per heavy atom. The number of nitrogens with zero attached hydrogens (tertiary/aromatic N) is 4. The molecule has 1 amide bonds. The van der Waals surface area contributed by atoms with Crippen LogP contribution in [0.25, 0.3) is 0 Å². The standard InChI is InChI=1S/C19H23ClN4OS/c1-14-11-15(2)22-19(21-14)26-13-18(25)24-9-7-23(8-10-24)12-16-3-5-17(20)6-4-16/h3-6,11H,7-10,12-13H2,1-2H3. The van der Waals surface area contributed by atoms with Crippen LogP contribution in [0, 0.1) is 13.8 Å². The molecule has 138 valence electrons. The number of benzene rings is 1. The van der Waals surface area contributed by atoms with Gasteiger partial charge in [-0.15, -0.1) is 0 Å². The number of piperazine rings is 1. The second-order valence-electron chi connectivity index (χ2n) is 6.51. The van der Waals surface area contributed by atoms with E-state index in [1.807, 2.05) is 36.9 Å². The SMILES string of the molecule is Cc1cc(C)nc(SCC(=O)N2CCN(Cc3ccc(Cl)cc3)CC2)n1. The third kappa shape index (κ3) is 5.43. The van der Waals surface area contributed by atoms with Crippen molar-refractivity contribution in [2.45, 2.75) is 25.5 Å². The highest BCUT2D eigenvalue weighted by Gasteiger charge is 2.21. The second kappa shape index (κ2) is 8.84. The normalized spacial score (nSPS) is 15.3. The van der Waals surface area contributed by atoms with Gasteiger partial charge in [0.05, 0.1) is 5.75 Å². The van der Waals surface area contributed by atoms with Crippen LogP contribution >= 0.6 is 23.4 Å². The molecule has 0 atom stereocenters. The molecule has 7 heteroatoms. The van der Waals surface area contributed by atoms with Gasteiger partial charge in [-0.25, -0.2) is 9.97 Å². The average molecular weight is 391 g/mol. The van der Waals surface area contributed by atoms with Gasteiger partial charge in [-0.05, 0) is 37.6 Å². The van der Waals surface area contributed by atoms with Gasteiger partial charge in [0.1, 0.15) is 0 Å². The van der Waals surface area contributed by atoms with Crippen molar-refractivity contribution >= 4 is 29.3 Å². The number of hydrogen-bond acceptors (Lipinski definition) is 5. The molecule has 2 aromatic rings. The quantitative estimate of drug-likeness (QED) is 0.579. The van der Waals surface area contributed by atoms with Gasteiger partial charge in [0.25, 0.3) is 0 Å². The first-order chi connectivity index (χ1) is 12.5. The van der Waals surface area contributed by atoms with E-state index in [0.29, 0.717) is 10.9 Å². The molecular formula is C19H23ClN4OS. The Morgan fingerprint density at radius 1 is 1.08 bits per heavy atom. The van der Waals surface area contributed by atoms with Gasteiger partial charge < -0.3 is 4.90 Å². The smallest absolute Gasteiger partial charge is 0.233 e. The number of aryl methyl sites for hydroxylation is 2. The summed E-state index contributed by atoms with van der Waals surface area (Å²) < 4.78 is 0. The highest BCUT2D eigenvalue weighted by Crippen LogP contribution is 2.16. The molecule has 0 saturated carbocycles. The number of carbonyl (C=O) groups excluding carboxylic acids is 1. The maximum absolute atomic E-state index is 12.5. The van der Waals surface area contributed by atoms with Crippen molar-refractivity contribution in [2.75, 3.05) is 31.9 Å². The van der Waals surface area contributed by atoms with Crippen LogP contribution < -0.4 is 0 Å². The van der Waals surface area contributed by atoms with Crippen LogP contribution in [0.5, 0.6) is 0 Å². The fourth-order valence-electron chi connectivity index (χ4n) is 2.98. The molecule has 1 fully saturated rings. The van der Waals surface area contributed by atoms with E-state index in [4.69, 9.17) is 11.6 Å². The lowest BCUT2D eigenvalue weighted by molar-refractivity contribution is -0.130. The molecule has 5 nitrogen and oxygen atoms in total. The number of rotatable bonds is 5. The molecular weight excluding hydrogens is 368 g/mol. The predicted molar refractivity (Wildman–Crippen MR) is 106 cm³/mol. The Hall–Kier alpha value is -1.63. The maximum atomic E-state index is 12.5. The first-order valence-electron chi connectivity index (χ1n) is 8.69. The molecule has 3 rings (SSSR count). The van der Waals surface area contributed by atoms with E-state index in [1.54, 1.807) is 0 Å². The lowest BCUT2D eigenvalue weighted by atomic mass is 10.2. The van der Waals surface area contributed by atoms with Gasteiger partial charge >= 0.3 is 0 Å². The summed E-state index contributed by atoms with van der Waals surface area (Å²) in [4.78, 5) is 25.5. The van der Waals surface area contributed by atoms with Gasteiger partial charge in [-0.2, -0.15) is 0 Å². The third-order valence-corrected chi connectivity index (χ3v) is 5.41.